The van der Waals surface area contributed by atoms with Crippen LogP contribution in [0.5, 0.6) is 0 Å². The molecule has 0 radical (unpaired) electrons. The Kier molecular flexibility index (Phi) is 9.67. The third-order valence-corrected chi connectivity index (χ3v) is 9.86. The normalized spacial score (nSPS) is 17.8. The van der Waals surface area contributed by atoms with Crippen molar-refractivity contribution in [2.45, 2.75) is 101 Å². The topological polar surface area (TPSA) is 116 Å². The second-order valence-corrected chi connectivity index (χ2v) is 15.1. The molecule has 9 heteroatoms. The first-order chi connectivity index (χ1) is 22.1. The zero-order valence-corrected chi connectivity index (χ0v) is 29.5. The van der Waals surface area contributed by atoms with Crippen molar-refractivity contribution in [1.29, 1.82) is 0 Å². The van der Waals surface area contributed by atoms with Crippen molar-refractivity contribution in [3.63, 3.8) is 0 Å². The molecule has 2 atom stereocenters. The van der Waals surface area contributed by atoms with Crippen LogP contribution in [0.15, 0.2) is 24.3 Å². The number of fused-ring (bicyclic) bond motifs is 4. The molecular weight excluding hydrogens is 592 g/mol. The molecular formula is C38H50N4O5. The van der Waals surface area contributed by atoms with Crippen molar-refractivity contribution < 1.29 is 23.9 Å². The Morgan fingerprint density at radius 2 is 1.32 bits per heavy atom. The molecule has 4 aromatic heterocycles. The van der Waals surface area contributed by atoms with Crippen LogP contribution >= 0.6 is 0 Å². The molecule has 0 amide bonds. The average molecular weight is 643 g/mol. The van der Waals surface area contributed by atoms with Gasteiger partial charge in [-0.3, -0.25) is 19.3 Å². The molecule has 0 aliphatic heterocycles. The molecule has 4 heterocycles. The van der Waals surface area contributed by atoms with E-state index in [0.717, 1.165) is 48.8 Å². The number of hydrogen-bond acceptors (Lipinski definition) is 7. The minimum absolute atomic E-state index is 0.206. The third-order valence-electron chi connectivity index (χ3n) is 9.86. The first kappa shape index (κ1) is 34.3. The van der Waals surface area contributed by atoms with Gasteiger partial charge in [0.1, 0.15) is 11.4 Å². The van der Waals surface area contributed by atoms with Crippen LogP contribution in [0.1, 0.15) is 123 Å². The van der Waals surface area contributed by atoms with Gasteiger partial charge in [-0.15, -0.1) is 0 Å². The predicted octanol–water partition coefficient (Wildman–Crippen LogP) is 7.91. The van der Waals surface area contributed by atoms with Gasteiger partial charge in [0.15, 0.2) is 0 Å². The number of H-pyrrole nitrogens is 1. The number of nitrogens with one attached hydrogen (secondary N) is 1. The first-order valence-electron chi connectivity index (χ1n) is 17.0. The average Bonchev–Trinajstić information content (AvgIpc) is 3.59. The van der Waals surface area contributed by atoms with Crippen LogP contribution in [-0.4, -0.2) is 50.6 Å². The number of aromatic nitrogens is 4. The zero-order valence-electron chi connectivity index (χ0n) is 29.5. The van der Waals surface area contributed by atoms with Crippen molar-refractivity contribution in [1.82, 2.24) is 19.5 Å². The molecule has 2 aliphatic rings. The highest BCUT2D eigenvalue weighted by Crippen LogP contribution is 2.39. The first-order valence-corrected chi connectivity index (χ1v) is 17.0. The SMILES string of the molecule is CCOC(=O)c1cc2nc3c(cc2[nH]1)CC(C(C)(C)C)CC3.CCOC(=O)c1cc2nc3c(cc2n1C(C)=O)CC(C(C)(C)C)CC3. The third kappa shape index (κ3) is 7.29. The largest absolute Gasteiger partial charge is 0.461 e. The van der Waals surface area contributed by atoms with E-state index in [1.54, 1.807) is 19.1 Å². The van der Waals surface area contributed by atoms with Crippen molar-refractivity contribution in [3.8, 4) is 0 Å². The highest BCUT2D eigenvalue weighted by molar-refractivity contribution is 6.01. The number of carbonyl (C=O) groups excluding carboxylic acids is 3. The van der Waals surface area contributed by atoms with Gasteiger partial charge in [-0.2, -0.15) is 0 Å². The molecule has 0 fully saturated rings. The number of aryl methyl sites for hydroxylation is 2. The highest BCUT2D eigenvalue weighted by atomic mass is 16.5. The van der Waals surface area contributed by atoms with E-state index in [1.165, 1.54) is 34.7 Å². The standard InChI is InChI=1S/C20H26N2O3.C18H24N2O2/c1-6-25-19(24)18-11-16-17(22(18)12(2)23)10-13-9-14(20(3,4)5)7-8-15(13)21-16;1-5-22-17(21)16-10-15-14(20-16)9-11-8-12(18(2,3)4)6-7-13(11)19-15/h10-11,14H,6-9H2,1-5H3;9-10,12,20H,5-8H2,1-4H3. The summed E-state index contributed by atoms with van der Waals surface area (Å²) in [5.41, 5.74) is 9.24. The number of nitrogens with zero attached hydrogens (tertiary/aromatic N) is 3. The zero-order chi connectivity index (χ0) is 34.3. The van der Waals surface area contributed by atoms with Crippen LogP contribution in [0.25, 0.3) is 22.1 Å². The summed E-state index contributed by atoms with van der Waals surface area (Å²) in [6.07, 6.45) is 6.28. The van der Waals surface area contributed by atoms with Crippen LogP contribution in [0, 0.1) is 22.7 Å². The van der Waals surface area contributed by atoms with Gasteiger partial charge in [0.25, 0.3) is 0 Å². The number of rotatable bonds is 4. The molecule has 9 nitrogen and oxygen atoms in total. The lowest BCUT2D eigenvalue weighted by Crippen LogP contribution is -2.27. The molecule has 6 rings (SSSR count). The number of esters is 2. The van der Waals surface area contributed by atoms with E-state index in [2.05, 4.69) is 52.6 Å². The molecule has 47 heavy (non-hydrogen) atoms. The van der Waals surface area contributed by atoms with Gasteiger partial charge in [-0.05, 0) is 110 Å². The number of pyridine rings is 2. The van der Waals surface area contributed by atoms with E-state index >= 15 is 0 Å². The Hall–Kier alpha value is -4.01. The van der Waals surface area contributed by atoms with E-state index < -0.39 is 5.97 Å². The lowest BCUT2D eigenvalue weighted by atomic mass is 9.71. The van der Waals surface area contributed by atoms with E-state index in [1.807, 2.05) is 13.0 Å². The Morgan fingerprint density at radius 1 is 0.787 bits per heavy atom. The maximum Gasteiger partial charge on any atom is 0.355 e. The molecule has 0 saturated carbocycles. The number of aromatic amines is 1. The summed E-state index contributed by atoms with van der Waals surface area (Å²) in [6.45, 7) is 19.4. The molecule has 252 valence electrons. The quantitative estimate of drug-likeness (QED) is 0.225. The fourth-order valence-corrected chi connectivity index (χ4v) is 6.98. The van der Waals surface area contributed by atoms with Gasteiger partial charge >= 0.3 is 11.9 Å². The number of hydrogen-bond donors (Lipinski definition) is 1. The summed E-state index contributed by atoms with van der Waals surface area (Å²) in [6, 6.07) is 7.67. The van der Waals surface area contributed by atoms with Gasteiger partial charge in [0, 0.05) is 18.3 Å². The fraction of sp³-hybridized carbons (Fsp3) is 0.553. The Morgan fingerprint density at radius 3 is 1.85 bits per heavy atom. The van der Waals surface area contributed by atoms with Gasteiger partial charge in [0.05, 0.1) is 35.3 Å². The number of ether oxygens (including phenoxy) is 2. The Labute approximate surface area is 277 Å². The summed E-state index contributed by atoms with van der Waals surface area (Å²) in [5.74, 6) is 0.263. The van der Waals surface area contributed by atoms with Crippen molar-refractivity contribution in [3.05, 3.63) is 58.2 Å². The van der Waals surface area contributed by atoms with E-state index in [-0.39, 0.29) is 29.6 Å². The molecule has 0 aromatic carbocycles. The summed E-state index contributed by atoms with van der Waals surface area (Å²) in [7, 11) is 0. The second-order valence-electron chi connectivity index (χ2n) is 15.1. The van der Waals surface area contributed by atoms with Crippen LogP contribution in [-0.2, 0) is 35.2 Å². The molecule has 1 N–H and O–H groups in total. The smallest absolute Gasteiger partial charge is 0.355 e. The van der Waals surface area contributed by atoms with E-state index in [0.29, 0.717) is 40.6 Å². The molecule has 0 spiro atoms. The lowest BCUT2D eigenvalue weighted by molar-refractivity contribution is 0.0505. The van der Waals surface area contributed by atoms with Crippen LogP contribution in [0.2, 0.25) is 0 Å². The Balaban J connectivity index is 0.000000186. The van der Waals surface area contributed by atoms with Crippen molar-refractivity contribution >= 4 is 39.9 Å². The maximum atomic E-state index is 12.2. The van der Waals surface area contributed by atoms with Crippen LogP contribution in [0.4, 0.5) is 0 Å². The minimum Gasteiger partial charge on any atom is -0.461 e. The maximum absolute atomic E-state index is 12.2. The summed E-state index contributed by atoms with van der Waals surface area (Å²) in [5, 5.41) is 0. The molecule has 2 aliphatic carbocycles. The molecule has 0 saturated heterocycles. The summed E-state index contributed by atoms with van der Waals surface area (Å²) in [4.78, 5) is 48.9. The van der Waals surface area contributed by atoms with E-state index in [9.17, 15) is 14.4 Å². The van der Waals surface area contributed by atoms with Gasteiger partial charge in [0.2, 0.25) is 5.91 Å². The summed E-state index contributed by atoms with van der Waals surface area (Å²) >= 11 is 0. The van der Waals surface area contributed by atoms with Crippen LogP contribution < -0.4 is 0 Å². The Bertz CT molecular complexity index is 1820. The second kappa shape index (κ2) is 13.2. The van der Waals surface area contributed by atoms with E-state index in [4.69, 9.17) is 19.4 Å². The monoisotopic (exact) mass is 642 g/mol. The van der Waals surface area contributed by atoms with Gasteiger partial charge in [-0.25, -0.2) is 9.59 Å². The molecule has 2 unspecified atom stereocenters. The van der Waals surface area contributed by atoms with Crippen molar-refractivity contribution in [2.24, 2.45) is 22.7 Å². The lowest BCUT2D eigenvalue weighted by Gasteiger charge is -2.34. The fourth-order valence-electron chi connectivity index (χ4n) is 6.98. The number of carbonyl (C=O) groups is 3. The molecule has 4 aromatic rings. The summed E-state index contributed by atoms with van der Waals surface area (Å²) < 4.78 is 11.6. The molecule has 0 bridgehead atoms. The minimum atomic E-state index is -0.485. The van der Waals surface area contributed by atoms with Crippen molar-refractivity contribution in [2.75, 3.05) is 13.2 Å². The highest BCUT2D eigenvalue weighted by Gasteiger charge is 2.31. The van der Waals surface area contributed by atoms with Gasteiger partial charge < -0.3 is 14.5 Å². The van der Waals surface area contributed by atoms with Gasteiger partial charge in [-0.1, -0.05) is 41.5 Å². The predicted molar refractivity (Wildman–Crippen MR) is 184 cm³/mol. The van der Waals surface area contributed by atoms with Crippen LogP contribution in [0.3, 0.4) is 0 Å².